The van der Waals surface area contributed by atoms with Crippen molar-refractivity contribution in [2.24, 2.45) is 0 Å². The van der Waals surface area contributed by atoms with Crippen LogP contribution in [0.2, 0.25) is 0 Å². The number of carboxylic acids is 1. The Balaban J connectivity index is 2.95. The zero-order valence-electron chi connectivity index (χ0n) is 8.74. The topological polar surface area (TPSA) is 66.4 Å². The number of aliphatic carboxylic acids is 1. The van der Waals surface area contributed by atoms with Crippen LogP contribution < -0.4 is 5.32 Å². The molecule has 0 unspecified atom stereocenters. The van der Waals surface area contributed by atoms with Crippen molar-refractivity contribution in [3.8, 4) is 0 Å². The van der Waals surface area contributed by atoms with Crippen LogP contribution in [0.4, 0.5) is 4.39 Å². The minimum Gasteiger partial charge on any atom is -0.481 e. The van der Waals surface area contributed by atoms with Crippen LogP contribution in [-0.2, 0) is 9.59 Å². The van der Waals surface area contributed by atoms with Gasteiger partial charge in [-0.2, -0.15) is 0 Å². The summed E-state index contributed by atoms with van der Waals surface area (Å²) in [6.45, 7) is 1.61. The van der Waals surface area contributed by atoms with E-state index in [9.17, 15) is 14.0 Å². The van der Waals surface area contributed by atoms with E-state index in [2.05, 4.69) is 5.32 Å². The molecule has 0 saturated carbocycles. The molecule has 0 spiro atoms. The molecular weight excluding hydrogens is 213 g/mol. The van der Waals surface area contributed by atoms with Crippen LogP contribution in [0, 0.1) is 12.7 Å². The number of carbonyl (C=O) groups is 2. The lowest BCUT2D eigenvalue weighted by molar-refractivity contribution is -0.137. The van der Waals surface area contributed by atoms with E-state index in [4.69, 9.17) is 5.11 Å². The van der Waals surface area contributed by atoms with Gasteiger partial charge in [0.15, 0.2) is 0 Å². The first-order valence-electron chi connectivity index (χ1n) is 4.72. The highest BCUT2D eigenvalue weighted by Crippen LogP contribution is 2.19. The monoisotopic (exact) mass is 225 g/mol. The molecular formula is C11H12FNO3. The van der Waals surface area contributed by atoms with E-state index >= 15 is 0 Å². The molecule has 4 nitrogen and oxygen atoms in total. The summed E-state index contributed by atoms with van der Waals surface area (Å²) < 4.78 is 13.3. The highest BCUT2D eigenvalue weighted by atomic mass is 19.1. The summed E-state index contributed by atoms with van der Waals surface area (Å²) in [5.74, 6) is -1.47. The van der Waals surface area contributed by atoms with Gasteiger partial charge in [0, 0.05) is 0 Å². The third-order valence-corrected chi connectivity index (χ3v) is 2.25. The summed E-state index contributed by atoms with van der Waals surface area (Å²) in [7, 11) is 0. The van der Waals surface area contributed by atoms with Gasteiger partial charge in [-0.1, -0.05) is 12.1 Å². The van der Waals surface area contributed by atoms with E-state index in [1.54, 1.807) is 19.1 Å². The van der Waals surface area contributed by atoms with Crippen molar-refractivity contribution in [2.75, 3.05) is 0 Å². The van der Waals surface area contributed by atoms with Crippen molar-refractivity contribution < 1.29 is 19.1 Å². The molecule has 1 aromatic rings. The fraction of sp³-hybridized carbons (Fsp3) is 0.273. The fourth-order valence-corrected chi connectivity index (χ4v) is 1.36. The van der Waals surface area contributed by atoms with Crippen LogP contribution in [0.5, 0.6) is 0 Å². The lowest BCUT2D eigenvalue weighted by Crippen LogP contribution is -2.22. The van der Waals surface area contributed by atoms with Crippen LogP contribution >= 0.6 is 0 Å². The molecule has 0 aliphatic rings. The minimum atomic E-state index is -1.06. The Labute approximate surface area is 92.1 Å². The van der Waals surface area contributed by atoms with Gasteiger partial charge in [-0.3, -0.25) is 9.59 Å². The fourth-order valence-electron chi connectivity index (χ4n) is 1.36. The predicted octanol–water partition coefficient (Wildman–Crippen LogP) is 1.40. The van der Waals surface area contributed by atoms with Gasteiger partial charge in [0.1, 0.15) is 5.82 Å². The van der Waals surface area contributed by atoms with Gasteiger partial charge in [0.05, 0.1) is 12.5 Å². The van der Waals surface area contributed by atoms with Gasteiger partial charge in [0.25, 0.3) is 0 Å². The van der Waals surface area contributed by atoms with Gasteiger partial charge in [-0.15, -0.1) is 0 Å². The molecule has 0 aliphatic heterocycles. The Bertz CT molecular complexity index is 406. The Kier molecular flexibility index (Phi) is 3.99. The Hall–Kier alpha value is -1.91. The smallest absolute Gasteiger partial charge is 0.305 e. The molecule has 5 heteroatoms. The second-order valence-electron chi connectivity index (χ2n) is 3.44. The highest BCUT2D eigenvalue weighted by Gasteiger charge is 2.15. The van der Waals surface area contributed by atoms with E-state index in [0.29, 0.717) is 17.5 Å². The van der Waals surface area contributed by atoms with Crippen LogP contribution in [0.15, 0.2) is 18.2 Å². The SMILES string of the molecule is Cc1ccc([C@@H](CC(=O)O)NC=O)cc1F. The number of halogens is 1. The summed E-state index contributed by atoms with van der Waals surface area (Å²) >= 11 is 0. The quantitative estimate of drug-likeness (QED) is 0.744. The second kappa shape index (κ2) is 5.25. The molecule has 0 bridgehead atoms. The van der Waals surface area contributed by atoms with E-state index in [-0.39, 0.29) is 6.42 Å². The molecule has 1 amide bonds. The zero-order valence-corrected chi connectivity index (χ0v) is 8.74. The lowest BCUT2D eigenvalue weighted by Gasteiger charge is -2.14. The normalized spacial score (nSPS) is 11.9. The predicted molar refractivity (Wildman–Crippen MR) is 55.3 cm³/mol. The van der Waals surface area contributed by atoms with Crippen LogP contribution in [0.1, 0.15) is 23.6 Å². The van der Waals surface area contributed by atoms with E-state index in [1.807, 2.05) is 0 Å². The van der Waals surface area contributed by atoms with Crippen LogP contribution in [-0.4, -0.2) is 17.5 Å². The molecule has 0 aliphatic carbocycles. The van der Waals surface area contributed by atoms with Crippen molar-refractivity contribution in [2.45, 2.75) is 19.4 Å². The Morgan fingerprint density at radius 1 is 1.62 bits per heavy atom. The van der Waals surface area contributed by atoms with E-state index in [1.165, 1.54) is 6.07 Å². The summed E-state index contributed by atoms with van der Waals surface area (Å²) in [4.78, 5) is 20.9. The summed E-state index contributed by atoms with van der Waals surface area (Å²) in [5.41, 5.74) is 0.918. The van der Waals surface area contributed by atoms with Gasteiger partial charge in [-0.05, 0) is 24.1 Å². The van der Waals surface area contributed by atoms with Gasteiger partial charge in [-0.25, -0.2) is 4.39 Å². The molecule has 0 fully saturated rings. The summed E-state index contributed by atoms with van der Waals surface area (Å²) in [6, 6.07) is 3.68. The number of aryl methyl sites for hydroxylation is 1. The Morgan fingerprint density at radius 2 is 2.31 bits per heavy atom. The molecule has 0 aromatic heterocycles. The second-order valence-corrected chi connectivity index (χ2v) is 3.44. The molecule has 0 radical (unpaired) electrons. The molecule has 16 heavy (non-hydrogen) atoms. The number of carboxylic acid groups (broad SMARTS) is 1. The third-order valence-electron chi connectivity index (χ3n) is 2.25. The molecule has 86 valence electrons. The first-order valence-corrected chi connectivity index (χ1v) is 4.72. The number of carbonyl (C=O) groups excluding carboxylic acids is 1. The first-order chi connectivity index (χ1) is 7.54. The number of rotatable bonds is 5. The molecule has 1 atom stereocenters. The Morgan fingerprint density at radius 3 is 2.81 bits per heavy atom. The zero-order chi connectivity index (χ0) is 12.1. The molecule has 1 rings (SSSR count). The number of nitrogens with one attached hydrogen (secondary N) is 1. The molecule has 2 N–H and O–H groups in total. The number of amides is 1. The molecule has 0 saturated heterocycles. The molecule has 1 aromatic carbocycles. The minimum absolute atomic E-state index is 0.277. The maximum Gasteiger partial charge on any atom is 0.305 e. The standard InChI is InChI=1S/C11H12FNO3/c1-7-2-3-8(4-9(7)12)10(13-6-14)5-11(15)16/h2-4,6,10H,5H2,1H3,(H,13,14)(H,15,16)/t10-/m1/s1. The summed E-state index contributed by atoms with van der Waals surface area (Å²) in [5, 5.41) is 11.0. The average molecular weight is 225 g/mol. The number of hydrogen-bond donors (Lipinski definition) is 2. The number of hydrogen-bond acceptors (Lipinski definition) is 2. The average Bonchev–Trinajstić information content (AvgIpc) is 2.21. The van der Waals surface area contributed by atoms with Gasteiger partial charge in [0.2, 0.25) is 6.41 Å². The van der Waals surface area contributed by atoms with Crippen molar-refractivity contribution in [3.63, 3.8) is 0 Å². The van der Waals surface area contributed by atoms with Crippen molar-refractivity contribution >= 4 is 12.4 Å². The van der Waals surface area contributed by atoms with Crippen LogP contribution in [0.3, 0.4) is 0 Å². The summed E-state index contributed by atoms with van der Waals surface area (Å²) in [6.07, 6.45) is 0.132. The third kappa shape index (κ3) is 3.05. The van der Waals surface area contributed by atoms with Crippen molar-refractivity contribution in [3.05, 3.63) is 35.1 Å². The van der Waals surface area contributed by atoms with Gasteiger partial charge >= 0.3 is 5.97 Å². The number of benzene rings is 1. The maximum absolute atomic E-state index is 13.3. The highest BCUT2D eigenvalue weighted by molar-refractivity contribution is 5.68. The van der Waals surface area contributed by atoms with E-state index in [0.717, 1.165) is 0 Å². The maximum atomic E-state index is 13.3. The van der Waals surface area contributed by atoms with E-state index < -0.39 is 17.8 Å². The molecule has 0 heterocycles. The first kappa shape index (κ1) is 12.2. The van der Waals surface area contributed by atoms with Crippen LogP contribution in [0.25, 0.3) is 0 Å². The van der Waals surface area contributed by atoms with Crippen molar-refractivity contribution in [1.29, 1.82) is 0 Å². The lowest BCUT2D eigenvalue weighted by atomic mass is 10.0. The largest absolute Gasteiger partial charge is 0.481 e. The van der Waals surface area contributed by atoms with Crippen molar-refractivity contribution in [1.82, 2.24) is 5.32 Å². The van der Waals surface area contributed by atoms with Gasteiger partial charge < -0.3 is 10.4 Å².